The summed E-state index contributed by atoms with van der Waals surface area (Å²) in [4.78, 5) is 20.9. The minimum Gasteiger partial charge on any atom is -0.338 e. The molecule has 0 bridgehead atoms. The van der Waals surface area contributed by atoms with Gasteiger partial charge in [0, 0.05) is 49.2 Å². The van der Waals surface area contributed by atoms with E-state index in [1.165, 1.54) is 6.07 Å². The predicted molar refractivity (Wildman–Crippen MR) is 103 cm³/mol. The zero-order valence-electron chi connectivity index (χ0n) is 14.6. The summed E-state index contributed by atoms with van der Waals surface area (Å²) < 4.78 is 15.9. The van der Waals surface area contributed by atoms with Crippen LogP contribution in [-0.4, -0.2) is 46.5 Å². The van der Waals surface area contributed by atoms with Gasteiger partial charge in [0.05, 0.1) is 5.69 Å². The molecular weight excluding hydrogens is 367 g/mol. The maximum Gasteiger partial charge on any atom is 0.254 e. The highest BCUT2D eigenvalue weighted by Gasteiger charge is 2.25. The minimum atomic E-state index is -0.300. The van der Waals surface area contributed by atoms with Crippen LogP contribution < -0.4 is 4.90 Å². The van der Waals surface area contributed by atoms with Crippen molar-refractivity contribution in [3.8, 4) is 5.69 Å². The number of halogens is 2. The van der Waals surface area contributed by atoms with Crippen molar-refractivity contribution in [3.05, 3.63) is 77.3 Å². The van der Waals surface area contributed by atoms with Gasteiger partial charge in [-0.3, -0.25) is 9.36 Å². The summed E-state index contributed by atoms with van der Waals surface area (Å²) in [6, 6.07) is 13.6. The quantitative estimate of drug-likeness (QED) is 0.692. The molecule has 27 heavy (non-hydrogen) atoms. The van der Waals surface area contributed by atoms with Crippen molar-refractivity contribution in [2.24, 2.45) is 0 Å². The standard InChI is InChI=1S/C20H18ClFN4O/c21-16-5-3-4-15(14-16)19(27)24-10-12-25(13-11-24)20-23-8-9-26(20)18-7-2-1-6-17(18)22/h1-9,14H,10-13H2. The molecule has 1 fully saturated rings. The van der Waals surface area contributed by atoms with Crippen molar-refractivity contribution in [1.82, 2.24) is 14.5 Å². The average Bonchev–Trinajstić information content (AvgIpc) is 3.17. The Morgan fingerprint density at radius 2 is 1.81 bits per heavy atom. The molecule has 1 aliphatic rings. The first-order chi connectivity index (χ1) is 13.1. The van der Waals surface area contributed by atoms with Crippen LogP contribution >= 0.6 is 11.6 Å². The van der Waals surface area contributed by atoms with E-state index in [-0.39, 0.29) is 11.7 Å². The zero-order valence-corrected chi connectivity index (χ0v) is 15.3. The van der Waals surface area contributed by atoms with Crippen molar-refractivity contribution in [1.29, 1.82) is 0 Å². The molecule has 1 saturated heterocycles. The molecule has 2 aromatic carbocycles. The van der Waals surface area contributed by atoms with Crippen molar-refractivity contribution in [2.75, 3.05) is 31.1 Å². The maximum absolute atomic E-state index is 14.2. The van der Waals surface area contributed by atoms with Gasteiger partial charge in [0.25, 0.3) is 5.91 Å². The van der Waals surface area contributed by atoms with Crippen LogP contribution in [-0.2, 0) is 0 Å². The van der Waals surface area contributed by atoms with E-state index in [4.69, 9.17) is 11.6 Å². The monoisotopic (exact) mass is 384 g/mol. The van der Waals surface area contributed by atoms with E-state index in [0.29, 0.717) is 48.4 Å². The third-order valence-corrected chi connectivity index (χ3v) is 4.89. The topological polar surface area (TPSA) is 41.4 Å². The summed E-state index contributed by atoms with van der Waals surface area (Å²) in [5, 5.41) is 0.548. The van der Waals surface area contributed by atoms with E-state index >= 15 is 0 Å². The van der Waals surface area contributed by atoms with Crippen LogP contribution in [0.4, 0.5) is 10.3 Å². The fourth-order valence-corrected chi connectivity index (χ4v) is 3.47. The molecule has 3 aromatic rings. The molecule has 5 nitrogen and oxygen atoms in total. The van der Waals surface area contributed by atoms with Gasteiger partial charge in [-0.05, 0) is 30.3 Å². The molecule has 0 spiro atoms. The molecule has 0 aliphatic carbocycles. The van der Waals surface area contributed by atoms with Gasteiger partial charge in [-0.25, -0.2) is 9.37 Å². The van der Waals surface area contributed by atoms with Gasteiger partial charge >= 0.3 is 0 Å². The van der Waals surface area contributed by atoms with Crippen LogP contribution in [0, 0.1) is 5.82 Å². The molecule has 1 amide bonds. The Bertz CT molecular complexity index is 966. The number of benzene rings is 2. The fourth-order valence-electron chi connectivity index (χ4n) is 3.28. The highest BCUT2D eigenvalue weighted by molar-refractivity contribution is 6.30. The van der Waals surface area contributed by atoms with Gasteiger partial charge < -0.3 is 9.80 Å². The number of carbonyl (C=O) groups is 1. The molecule has 0 saturated carbocycles. The molecular formula is C20H18ClFN4O. The molecule has 7 heteroatoms. The number of imidazole rings is 1. The number of nitrogens with zero attached hydrogens (tertiary/aromatic N) is 4. The molecule has 1 aromatic heterocycles. The predicted octanol–water partition coefficient (Wildman–Crippen LogP) is 3.63. The second-order valence-electron chi connectivity index (χ2n) is 6.34. The minimum absolute atomic E-state index is 0.0328. The summed E-state index contributed by atoms with van der Waals surface area (Å²) in [5.41, 5.74) is 1.05. The van der Waals surface area contributed by atoms with E-state index in [1.807, 2.05) is 0 Å². The first-order valence-electron chi connectivity index (χ1n) is 8.71. The number of amides is 1. The van der Waals surface area contributed by atoms with E-state index in [2.05, 4.69) is 9.88 Å². The number of piperazine rings is 1. The summed E-state index contributed by atoms with van der Waals surface area (Å²) in [6.45, 7) is 2.38. The summed E-state index contributed by atoms with van der Waals surface area (Å²) in [6.07, 6.45) is 3.41. The van der Waals surface area contributed by atoms with Gasteiger partial charge in [-0.2, -0.15) is 0 Å². The van der Waals surface area contributed by atoms with Crippen LogP contribution in [0.25, 0.3) is 5.69 Å². The number of hydrogen-bond donors (Lipinski definition) is 0. The smallest absolute Gasteiger partial charge is 0.254 e. The van der Waals surface area contributed by atoms with Crippen LogP contribution in [0.15, 0.2) is 60.9 Å². The zero-order chi connectivity index (χ0) is 18.8. The largest absolute Gasteiger partial charge is 0.338 e. The Morgan fingerprint density at radius 3 is 2.56 bits per heavy atom. The number of carbonyl (C=O) groups excluding carboxylic acids is 1. The van der Waals surface area contributed by atoms with Gasteiger partial charge in [-0.1, -0.05) is 29.8 Å². The van der Waals surface area contributed by atoms with Crippen LogP contribution in [0.3, 0.4) is 0 Å². The van der Waals surface area contributed by atoms with E-state index in [1.54, 1.807) is 64.3 Å². The molecule has 4 rings (SSSR count). The van der Waals surface area contributed by atoms with E-state index in [9.17, 15) is 9.18 Å². The van der Waals surface area contributed by atoms with Crippen molar-refractivity contribution >= 4 is 23.5 Å². The lowest BCUT2D eigenvalue weighted by Gasteiger charge is -2.35. The Morgan fingerprint density at radius 1 is 1.04 bits per heavy atom. The Labute approximate surface area is 161 Å². The molecule has 2 heterocycles. The number of rotatable bonds is 3. The summed E-state index contributed by atoms with van der Waals surface area (Å²) in [7, 11) is 0. The third kappa shape index (κ3) is 3.53. The molecule has 0 radical (unpaired) electrons. The number of anilines is 1. The van der Waals surface area contributed by atoms with Gasteiger partial charge in [0.15, 0.2) is 0 Å². The number of para-hydroxylation sites is 1. The molecule has 138 valence electrons. The third-order valence-electron chi connectivity index (χ3n) is 4.65. The molecule has 1 aliphatic heterocycles. The lowest BCUT2D eigenvalue weighted by molar-refractivity contribution is 0.0746. The van der Waals surface area contributed by atoms with E-state index < -0.39 is 0 Å². The Kier molecular flexibility index (Phi) is 4.81. The lowest BCUT2D eigenvalue weighted by atomic mass is 10.2. The Hall–Kier alpha value is -2.86. The number of aromatic nitrogens is 2. The first-order valence-corrected chi connectivity index (χ1v) is 9.09. The van der Waals surface area contributed by atoms with Crippen LogP contribution in [0.5, 0.6) is 0 Å². The SMILES string of the molecule is O=C(c1cccc(Cl)c1)N1CCN(c2nccn2-c2ccccc2F)CC1. The molecule has 0 atom stereocenters. The van der Waals surface area contributed by atoms with Crippen molar-refractivity contribution in [2.45, 2.75) is 0 Å². The van der Waals surface area contributed by atoms with Crippen molar-refractivity contribution in [3.63, 3.8) is 0 Å². The maximum atomic E-state index is 14.2. The van der Waals surface area contributed by atoms with Crippen molar-refractivity contribution < 1.29 is 9.18 Å². The van der Waals surface area contributed by atoms with Crippen LogP contribution in [0.1, 0.15) is 10.4 Å². The highest BCUT2D eigenvalue weighted by atomic mass is 35.5. The highest BCUT2D eigenvalue weighted by Crippen LogP contribution is 2.22. The lowest BCUT2D eigenvalue weighted by Crippen LogP contribution is -2.49. The Balaban J connectivity index is 1.49. The first kappa shape index (κ1) is 17.5. The van der Waals surface area contributed by atoms with Gasteiger partial charge in [0.1, 0.15) is 5.82 Å². The second-order valence-corrected chi connectivity index (χ2v) is 6.77. The summed E-state index contributed by atoms with van der Waals surface area (Å²) in [5.74, 6) is 0.344. The number of hydrogen-bond acceptors (Lipinski definition) is 3. The van der Waals surface area contributed by atoms with Gasteiger partial charge in [-0.15, -0.1) is 0 Å². The molecule has 0 N–H and O–H groups in total. The summed E-state index contributed by atoms with van der Waals surface area (Å²) >= 11 is 5.99. The molecule has 0 unspecified atom stereocenters. The van der Waals surface area contributed by atoms with Gasteiger partial charge in [0.2, 0.25) is 5.95 Å². The second kappa shape index (κ2) is 7.40. The van der Waals surface area contributed by atoms with Crippen LogP contribution in [0.2, 0.25) is 5.02 Å². The fraction of sp³-hybridized carbons (Fsp3) is 0.200. The normalized spacial score (nSPS) is 14.4. The van der Waals surface area contributed by atoms with E-state index in [0.717, 1.165) is 0 Å². The average molecular weight is 385 g/mol.